The Hall–Kier alpha value is -2.50. The van der Waals surface area contributed by atoms with Gasteiger partial charge in [0.2, 0.25) is 0 Å². The predicted molar refractivity (Wildman–Crippen MR) is 123 cm³/mol. The molecule has 0 bridgehead atoms. The zero-order valence-electron chi connectivity index (χ0n) is 16.3. The normalized spacial score (nSPS) is 10.5. The van der Waals surface area contributed by atoms with Gasteiger partial charge in [-0.25, -0.2) is 0 Å². The van der Waals surface area contributed by atoms with Crippen LogP contribution in [0.15, 0.2) is 65.1 Å². The number of halogens is 2. The van der Waals surface area contributed by atoms with Crippen molar-refractivity contribution < 1.29 is 9.53 Å². The topological polar surface area (TPSA) is 50.4 Å². The number of nitrogens with one attached hydrogen (secondary N) is 2. The van der Waals surface area contributed by atoms with Crippen molar-refractivity contribution in [3.8, 4) is 5.75 Å². The molecule has 3 aromatic rings. The first-order valence-electron chi connectivity index (χ1n) is 9.18. The highest BCUT2D eigenvalue weighted by molar-refractivity contribution is 9.10. The fourth-order valence-electron chi connectivity index (χ4n) is 2.77. The molecular weight excluding hydrogens is 452 g/mol. The van der Waals surface area contributed by atoms with Crippen LogP contribution in [0.4, 0.5) is 11.4 Å². The van der Waals surface area contributed by atoms with Gasteiger partial charge in [0.25, 0.3) is 5.91 Å². The number of benzene rings is 3. The summed E-state index contributed by atoms with van der Waals surface area (Å²) in [5, 5.41) is 6.91. The Balaban J connectivity index is 1.54. The second kappa shape index (κ2) is 9.81. The van der Waals surface area contributed by atoms with E-state index in [9.17, 15) is 4.79 Å². The summed E-state index contributed by atoms with van der Waals surface area (Å²) in [6.45, 7) is 4.53. The van der Waals surface area contributed by atoms with Gasteiger partial charge in [-0.15, -0.1) is 0 Å². The lowest BCUT2D eigenvalue weighted by molar-refractivity contribution is -0.118. The van der Waals surface area contributed by atoms with Gasteiger partial charge in [-0.3, -0.25) is 4.79 Å². The van der Waals surface area contributed by atoms with Crippen LogP contribution < -0.4 is 15.4 Å². The van der Waals surface area contributed by atoms with Gasteiger partial charge in [-0.2, -0.15) is 0 Å². The average molecular weight is 474 g/mol. The van der Waals surface area contributed by atoms with Gasteiger partial charge in [0, 0.05) is 22.9 Å². The Kier molecular flexibility index (Phi) is 7.18. The molecule has 0 aliphatic heterocycles. The minimum absolute atomic E-state index is 0.0634. The molecule has 3 rings (SSSR count). The molecule has 150 valence electrons. The molecule has 6 heteroatoms. The van der Waals surface area contributed by atoms with Gasteiger partial charge in [0.05, 0.1) is 4.47 Å². The number of rotatable bonds is 7. The van der Waals surface area contributed by atoms with Crippen molar-refractivity contribution in [2.75, 3.05) is 17.2 Å². The number of ether oxygens (including phenoxy) is 1. The number of aryl methyl sites for hydroxylation is 2. The number of hydrogen-bond acceptors (Lipinski definition) is 3. The molecule has 0 atom stereocenters. The molecule has 2 N–H and O–H groups in total. The zero-order chi connectivity index (χ0) is 20.8. The number of anilines is 2. The van der Waals surface area contributed by atoms with E-state index in [2.05, 4.69) is 26.6 Å². The molecule has 4 nitrogen and oxygen atoms in total. The molecule has 3 aromatic carbocycles. The molecule has 0 saturated heterocycles. The van der Waals surface area contributed by atoms with E-state index in [-0.39, 0.29) is 12.5 Å². The van der Waals surface area contributed by atoms with Crippen molar-refractivity contribution in [3.63, 3.8) is 0 Å². The summed E-state index contributed by atoms with van der Waals surface area (Å²) in [5.41, 5.74) is 4.94. The van der Waals surface area contributed by atoms with Gasteiger partial charge < -0.3 is 15.4 Å². The van der Waals surface area contributed by atoms with Crippen LogP contribution in [0.3, 0.4) is 0 Å². The van der Waals surface area contributed by atoms with Crippen LogP contribution in [0.1, 0.15) is 16.7 Å². The molecule has 0 aliphatic carbocycles. The van der Waals surface area contributed by atoms with Crippen LogP contribution in [0.5, 0.6) is 5.75 Å². The highest BCUT2D eigenvalue weighted by Gasteiger charge is 2.09. The first-order chi connectivity index (χ1) is 13.9. The molecule has 0 aliphatic rings. The summed E-state index contributed by atoms with van der Waals surface area (Å²) in [6, 6.07) is 19.3. The van der Waals surface area contributed by atoms with Crippen molar-refractivity contribution in [2.24, 2.45) is 0 Å². The third-order valence-corrected chi connectivity index (χ3v) is 5.20. The molecule has 0 saturated carbocycles. The number of carbonyl (C=O) groups is 1. The van der Waals surface area contributed by atoms with E-state index in [1.807, 2.05) is 74.5 Å². The fraction of sp³-hybridized carbons (Fsp3) is 0.174. The van der Waals surface area contributed by atoms with E-state index in [0.717, 1.165) is 32.5 Å². The number of carbonyl (C=O) groups excluding carboxylic acids is 1. The van der Waals surface area contributed by atoms with Gasteiger partial charge in [0.1, 0.15) is 5.75 Å². The third kappa shape index (κ3) is 6.24. The lowest BCUT2D eigenvalue weighted by Gasteiger charge is -2.12. The minimum atomic E-state index is -0.197. The van der Waals surface area contributed by atoms with E-state index in [0.29, 0.717) is 17.3 Å². The van der Waals surface area contributed by atoms with Crippen molar-refractivity contribution >= 4 is 44.8 Å². The maximum atomic E-state index is 12.2. The summed E-state index contributed by atoms with van der Waals surface area (Å²) in [4.78, 5) is 12.2. The molecule has 0 unspecified atom stereocenters. The van der Waals surface area contributed by atoms with Gasteiger partial charge in [-0.05, 0) is 82.9 Å². The molecule has 29 heavy (non-hydrogen) atoms. The lowest BCUT2D eigenvalue weighted by atomic mass is 10.1. The smallest absolute Gasteiger partial charge is 0.262 e. The average Bonchev–Trinajstić information content (AvgIpc) is 2.68. The Morgan fingerprint density at radius 3 is 2.66 bits per heavy atom. The maximum absolute atomic E-state index is 12.2. The summed E-state index contributed by atoms with van der Waals surface area (Å²) in [5.74, 6) is 0.421. The summed E-state index contributed by atoms with van der Waals surface area (Å²) in [7, 11) is 0. The predicted octanol–water partition coefficient (Wildman–Crippen LogP) is 6.35. The molecule has 0 aromatic heterocycles. The van der Waals surface area contributed by atoms with Crippen molar-refractivity contribution in [1.29, 1.82) is 0 Å². The van der Waals surface area contributed by atoms with E-state index in [1.54, 1.807) is 0 Å². The molecule has 1 amide bonds. The monoisotopic (exact) mass is 472 g/mol. The zero-order valence-corrected chi connectivity index (χ0v) is 18.6. The maximum Gasteiger partial charge on any atom is 0.262 e. The molecule has 0 radical (unpaired) electrons. The van der Waals surface area contributed by atoms with Crippen molar-refractivity contribution in [3.05, 3.63) is 86.8 Å². The Bertz CT molecular complexity index is 1020. The number of hydrogen-bond donors (Lipinski definition) is 2. The summed E-state index contributed by atoms with van der Waals surface area (Å²) >= 11 is 9.52. The highest BCUT2D eigenvalue weighted by Crippen LogP contribution is 2.27. The van der Waals surface area contributed by atoms with Gasteiger partial charge in [0.15, 0.2) is 6.61 Å². The van der Waals surface area contributed by atoms with Crippen molar-refractivity contribution in [1.82, 2.24) is 0 Å². The van der Waals surface area contributed by atoms with E-state index >= 15 is 0 Å². The summed E-state index contributed by atoms with van der Waals surface area (Å²) in [6.07, 6.45) is 0. The van der Waals surface area contributed by atoms with Crippen LogP contribution in [-0.2, 0) is 11.3 Å². The SMILES string of the molecule is Cc1ccc(C)c(NC(=O)COc2ccc(CNc3cccc(Cl)c3)cc2Br)c1. The first kappa shape index (κ1) is 21.2. The fourth-order valence-corrected chi connectivity index (χ4v) is 3.50. The van der Waals surface area contributed by atoms with Gasteiger partial charge >= 0.3 is 0 Å². The Labute approximate surface area is 184 Å². The Morgan fingerprint density at radius 2 is 1.90 bits per heavy atom. The molecule has 0 fully saturated rings. The molecule has 0 spiro atoms. The Morgan fingerprint density at radius 1 is 1.07 bits per heavy atom. The number of amides is 1. The van der Waals surface area contributed by atoms with Crippen LogP contribution in [0.25, 0.3) is 0 Å². The van der Waals surface area contributed by atoms with E-state index in [1.165, 1.54) is 0 Å². The van der Waals surface area contributed by atoms with Crippen LogP contribution in [0.2, 0.25) is 5.02 Å². The second-order valence-electron chi connectivity index (χ2n) is 6.78. The molecular formula is C23H22BrClN2O2. The first-order valence-corrected chi connectivity index (χ1v) is 10.4. The van der Waals surface area contributed by atoms with Crippen LogP contribution in [-0.4, -0.2) is 12.5 Å². The van der Waals surface area contributed by atoms with Gasteiger partial charge in [-0.1, -0.05) is 35.9 Å². The summed E-state index contributed by atoms with van der Waals surface area (Å²) < 4.78 is 6.47. The van der Waals surface area contributed by atoms with E-state index in [4.69, 9.17) is 16.3 Å². The largest absolute Gasteiger partial charge is 0.483 e. The van der Waals surface area contributed by atoms with Crippen LogP contribution in [0, 0.1) is 13.8 Å². The second-order valence-corrected chi connectivity index (χ2v) is 8.07. The lowest BCUT2D eigenvalue weighted by Crippen LogP contribution is -2.20. The third-order valence-electron chi connectivity index (χ3n) is 4.34. The van der Waals surface area contributed by atoms with Crippen molar-refractivity contribution in [2.45, 2.75) is 20.4 Å². The van der Waals surface area contributed by atoms with Crippen LogP contribution >= 0.6 is 27.5 Å². The minimum Gasteiger partial charge on any atom is -0.483 e. The quantitative estimate of drug-likeness (QED) is 0.420. The van der Waals surface area contributed by atoms with E-state index < -0.39 is 0 Å². The standard InChI is InChI=1S/C23H22BrClN2O2/c1-15-6-7-16(2)21(10-15)27-23(28)14-29-22-9-8-17(11-20(22)24)13-26-19-5-3-4-18(25)12-19/h3-12,26H,13-14H2,1-2H3,(H,27,28). The highest BCUT2D eigenvalue weighted by atomic mass is 79.9. The molecule has 0 heterocycles.